The Bertz CT molecular complexity index is 633. The van der Waals surface area contributed by atoms with Crippen molar-refractivity contribution >= 4 is 17.3 Å². The summed E-state index contributed by atoms with van der Waals surface area (Å²) in [6.45, 7) is 1.48. The van der Waals surface area contributed by atoms with Gasteiger partial charge in [0.25, 0.3) is 0 Å². The van der Waals surface area contributed by atoms with Crippen molar-refractivity contribution in [1.82, 2.24) is 0 Å². The lowest BCUT2D eigenvalue weighted by Gasteiger charge is -2.20. The Morgan fingerprint density at radius 3 is 2.71 bits per heavy atom. The summed E-state index contributed by atoms with van der Waals surface area (Å²) in [5, 5.41) is 14.1. The second kappa shape index (κ2) is 6.24. The maximum Gasteiger partial charge on any atom is 0.161 e. The van der Waals surface area contributed by atoms with E-state index in [0.29, 0.717) is 30.5 Å². The fourth-order valence-corrected chi connectivity index (χ4v) is 2.39. The predicted octanol–water partition coefficient (Wildman–Crippen LogP) is 3.26. The van der Waals surface area contributed by atoms with Gasteiger partial charge in [-0.1, -0.05) is 23.7 Å². The van der Waals surface area contributed by atoms with Gasteiger partial charge in [-0.05, 0) is 35.9 Å². The van der Waals surface area contributed by atoms with Gasteiger partial charge in [0, 0.05) is 17.3 Å². The molecule has 0 radical (unpaired) electrons. The molecule has 0 fully saturated rings. The van der Waals surface area contributed by atoms with Crippen LogP contribution >= 0.6 is 11.6 Å². The molecule has 21 heavy (non-hydrogen) atoms. The zero-order valence-electron chi connectivity index (χ0n) is 11.4. The molecule has 1 unspecified atom stereocenters. The normalized spacial score (nSPS) is 14.6. The maximum atomic E-state index is 10.3. The molecular formula is C16H16ClNO3. The van der Waals surface area contributed by atoms with Gasteiger partial charge in [0.05, 0.1) is 6.10 Å². The Balaban J connectivity index is 1.66. The van der Waals surface area contributed by atoms with Crippen molar-refractivity contribution < 1.29 is 14.6 Å². The number of benzene rings is 2. The van der Waals surface area contributed by atoms with Crippen LogP contribution in [0.5, 0.6) is 11.5 Å². The zero-order valence-corrected chi connectivity index (χ0v) is 12.1. The molecule has 3 rings (SSSR count). The SMILES string of the molecule is OC(CNc1cccc(Cl)c1)c1ccc2c(c1)OCCO2. The second-order valence-electron chi connectivity index (χ2n) is 4.81. The minimum absolute atomic E-state index is 0.389. The van der Waals surface area contributed by atoms with Gasteiger partial charge in [-0.25, -0.2) is 0 Å². The summed E-state index contributed by atoms with van der Waals surface area (Å²) < 4.78 is 11.0. The predicted molar refractivity (Wildman–Crippen MR) is 82.3 cm³/mol. The summed E-state index contributed by atoms with van der Waals surface area (Å²) in [5.41, 5.74) is 1.66. The molecule has 0 bridgehead atoms. The van der Waals surface area contributed by atoms with Gasteiger partial charge >= 0.3 is 0 Å². The number of rotatable bonds is 4. The van der Waals surface area contributed by atoms with Crippen molar-refractivity contribution in [3.05, 3.63) is 53.1 Å². The first-order valence-corrected chi connectivity index (χ1v) is 7.17. The minimum Gasteiger partial charge on any atom is -0.486 e. The molecule has 1 aliphatic rings. The molecule has 2 aromatic carbocycles. The van der Waals surface area contributed by atoms with Crippen LogP contribution in [0.25, 0.3) is 0 Å². The standard InChI is InChI=1S/C16H16ClNO3/c17-12-2-1-3-13(9-12)18-10-14(19)11-4-5-15-16(8-11)21-7-6-20-15/h1-5,8-9,14,18-19H,6-7,10H2. The first-order chi connectivity index (χ1) is 10.2. The summed E-state index contributed by atoms with van der Waals surface area (Å²) in [4.78, 5) is 0. The van der Waals surface area contributed by atoms with Gasteiger partial charge in [-0.3, -0.25) is 0 Å². The van der Waals surface area contributed by atoms with Crippen molar-refractivity contribution in [2.75, 3.05) is 25.1 Å². The molecule has 2 aromatic rings. The molecule has 1 atom stereocenters. The highest BCUT2D eigenvalue weighted by atomic mass is 35.5. The van der Waals surface area contributed by atoms with Crippen molar-refractivity contribution in [3.63, 3.8) is 0 Å². The van der Waals surface area contributed by atoms with Gasteiger partial charge in [0.15, 0.2) is 11.5 Å². The first kappa shape index (κ1) is 14.0. The Hall–Kier alpha value is -1.91. The Morgan fingerprint density at radius 2 is 1.90 bits per heavy atom. The van der Waals surface area contributed by atoms with Crippen LogP contribution in [0.4, 0.5) is 5.69 Å². The van der Waals surface area contributed by atoms with E-state index in [1.54, 1.807) is 0 Å². The lowest BCUT2D eigenvalue weighted by molar-refractivity contribution is 0.167. The fraction of sp³-hybridized carbons (Fsp3) is 0.250. The maximum absolute atomic E-state index is 10.3. The van der Waals surface area contributed by atoms with E-state index >= 15 is 0 Å². The van der Waals surface area contributed by atoms with Gasteiger partial charge in [0.1, 0.15) is 13.2 Å². The molecule has 0 aliphatic carbocycles. The van der Waals surface area contributed by atoms with Crippen LogP contribution in [0, 0.1) is 0 Å². The van der Waals surface area contributed by atoms with E-state index in [2.05, 4.69) is 5.32 Å². The highest BCUT2D eigenvalue weighted by Gasteiger charge is 2.15. The molecule has 0 saturated heterocycles. The lowest BCUT2D eigenvalue weighted by Crippen LogP contribution is -2.16. The number of fused-ring (bicyclic) bond motifs is 1. The lowest BCUT2D eigenvalue weighted by atomic mass is 10.1. The van der Waals surface area contributed by atoms with E-state index in [0.717, 1.165) is 17.0 Å². The number of hydrogen-bond donors (Lipinski definition) is 2. The summed E-state index contributed by atoms with van der Waals surface area (Å²) in [6.07, 6.45) is -0.639. The Kier molecular flexibility index (Phi) is 4.18. The molecule has 0 amide bonds. The van der Waals surface area contributed by atoms with Gasteiger partial charge in [-0.2, -0.15) is 0 Å². The Morgan fingerprint density at radius 1 is 1.10 bits per heavy atom. The molecule has 4 nitrogen and oxygen atoms in total. The van der Waals surface area contributed by atoms with Crippen LogP contribution in [-0.4, -0.2) is 24.9 Å². The van der Waals surface area contributed by atoms with Crippen LogP contribution in [0.15, 0.2) is 42.5 Å². The molecule has 5 heteroatoms. The average molecular weight is 306 g/mol. The Labute approximate surface area is 128 Å². The second-order valence-corrected chi connectivity index (χ2v) is 5.25. The quantitative estimate of drug-likeness (QED) is 0.910. The molecule has 0 aromatic heterocycles. The number of halogens is 1. The van der Waals surface area contributed by atoms with Crippen molar-refractivity contribution in [1.29, 1.82) is 0 Å². The van der Waals surface area contributed by atoms with Gasteiger partial charge in [0.2, 0.25) is 0 Å². The smallest absolute Gasteiger partial charge is 0.161 e. The van der Waals surface area contributed by atoms with Crippen LogP contribution in [-0.2, 0) is 0 Å². The summed E-state index contributed by atoms with van der Waals surface area (Å²) in [5.74, 6) is 1.40. The monoisotopic (exact) mass is 305 g/mol. The van der Waals surface area contributed by atoms with Gasteiger partial charge < -0.3 is 19.9 Å². The van der Waals surface area contributed by atoms with Crippen LogP contribution in [0.3, 0.4) is 0 Å². The summed E-state index contributed by atoms with van der Waals surface area (Å²) >= 11 is 5.92. The van der Waals surface area contributed by atoms with E-state index in [1.165, 1.54) is 0 Å². The highest BCUT2D eigenvalue weighted by Crippen LogP contribution is 2.32. The van der Waals surface area contributed by atoms with Crippen molar-refractivity contribution in [2.24, 2.45) is 0 Å². The van der Waals surface area contributed by atoms with Crippen LogP contribution in [0.1, 0.15) is 11.7 Å². The van der Waals surface area contributed by atoms with E-state index < -0.39 is 6.10 Å². The summed E-state index contributed by atoms with van der Waals surface area (Å²) in [7, 11) is 0. The molecule has 0 saturated carbocycles. The van der Waals surface area contributed by atoms with Crippen molar-refractivity contribution in [2.45, 2.75) is 6.10 Å². The summed E-state index contributed by atoms with van der Waals surface area (Å²) in [6, 6.07) is 12.9. The topological polar surface area (TPSA) is 50.7 Å². The van der Waals surface area contributed by atoms with E-state index in [9.17, 15) is 5.11 Å². The average Bonchev–Trinajstić information content (AvgIpc) is 2.52. The fourth-order valence-electron chi connectivity index (χ4n) is 2.20. The van der Waals surface area contributed by atoms with Gasteiger partial charge in [-0.15, -0.1) is 0 Å². The molecular weight excluding hydrogens is 290 g/mol. The number of ether oxygens (including phenoxy) is 2. The van der Waals surface area contributed by atoms with E-state index in [1.807, 2.05) is 42.5 Å². The third kappa shape index (κ3) is 3.40. The number of anilines is 1. The number of hydrogen-bond acceptors (Lipinski definition) is 4. The van der Waals surface area contributed by atoms with E-state index in [4.69, 9.17) is 21.1 Å². The van der Waals surface area contributed by atoms with E-state index in [-0.39, 0.29) is 0 Å². The number of aliphatic hydroxyl groups is 1. The molecule has 0 spiro atoms. The molecule has 1 aliphatic heterocycles. The zero-order chi connectivity index (χ0) is 14.7. The molecule has 2 N–H and O–H groups in total. The largest absolute Gasteiger partial charge is 0.486 e. The third-order valence-corrected chi connectivity index (χ3v) is 3.51. The number of nitrogens with one attached hydrogen (secondary N) is 1. The van der Waals surface area contributed by atoms with Crippen LogP contribution in [0.2, 0.25) is 5.02 Å². The van der Waals surface area contributed by atoms with Crippen molar-refractivity contribution in [3.8, 4) is 11.5 Å². The number of aliphatic hydroxyl groups excluding tert-OH is 1. The molecule has 110 valence electrons. The minimum atomic E-state index is -0.639. The highest BCUT2D eigenvalue weighted by molar-refractivity contribution is 6.30. The third-order valence-electron chi connectivity index (χ3n) is 3.28. The first-order valence-electron chi connectivity index (χ1n) is 6.79. The van der Waals surface area contributed by atoms with Crippen LogP contribution < -0.4 is 14.8 Å². The molecule has 1 heterocycles.